The van der Waals surface area contributed by atoms with Crippen LogP contribution in [-0.4, -0.2) is 13.1 Å². The lowest BCUT2D eigenvalue weighted by atomic mass is 10.0. The second-order valence-electron chi connectivity index (χ2n) is 16.2. The number of hydrogen-bond donors (Lipinski definition) is 1. The van der Waals surface area contributed by atoms with Gasteiger partial charge in [0.1, 0.15) is 0 Å². The van der Waals surface area contributed by atoms with Crippen molar-refractivity contribution < 1.29 is 0 Å². The predicted molar refractivity (Wildman–Crippen MR) is 227 cm³/mol. The predicted octanol–water partition coefficient (Wildman–Crippen LogP) is 17.6. The zero-order valence-corrected chi connectivity index (χ0v) is 34.8. The summed E-state index contributed by atoms with van der Waals surface area (Å²) in [7, 11) is 0. The summed E-state index contributed by atoms with van der Waals surface area (Å²) in [6, 6.07) is 0. The third kappa shape index (κ3) is 47.7. The van der Waals surface area contributed by atoms with Crippen LogP contribution in [0.25, 0.3) is 0 Å². The van der Waals surface area contributed by atoms with E-state index in [2.05, 4.69) is 31.3 Å². The van der Waals surface area contributed by atoms with Crippen LogP contribution in [0.5, 0.6) is 0 Å². The molecule has 1 nitrogen and oxygen atoms in total. The number of nitrogens with one attached hydrogen (secondary N) is 1. The van der Waals surface area contributed by atoms with Gasteiger partial charge in [-0.05, 0) is 51.6 Å². The summed E-state index contributed by atoms with van der Waals surface area (Å²) < 4.78 is 0. The average molecular weight is 688 g/mol. The Morgan fingerprint density at radius 1 is 0.224 bits per heavy atom. The summed E-state index contributed by atoms with van der Waals surface area (Å²) in [6.07, 6.45) is 65.7. The van der Waals surface area contributed by atoms with Crippen LogP contribution >= 0.6 is 0 Å². The lowest BCUT2D eigenvalue weighted by Crippen LogP contribution is -2.16. The fraction of sp³-hybridized carbons (Fsp3) is 0.958. The molecule has 0 fully saturated rings. The normalized spacial score (nSPS) is 11.8. The maximum absolute atomic E-state index is 3.70. The Kier molecular flexibility index (Phi) is 47.4. The van der Waals surface area contributed by atoms with Crippen molar-refractivity contribution in [2.24, 2.45) is 0 Å². The molecule has 0 rings (SSSR count). The van der Waals surface area contributed by atoms with Crippen molar-refractivity contribution in [1.29, 1.82) is 0 Å². The fourth-order valence-electron chi connectivity index (χ4n) is 7.54. The molecule has 0 aliphatic carbocycles. The van der Waals surface area contributed by atoms with E-state index >= 15 is 0 Å². The van der Waals surface area contributed by atoms with Crippen LogP contribution in [0.15, 0.2) is 12.2 Å². The van der Waals surface area contributed by atoms with Crippen LogP contribution in [0.3, 0.4) is 0 Å². The first-order chi connectivity index (χ1) is 24.4. The second-order valence-corrected chi connectivity index (χ2v) is 16.2. The molecule has 0 unspecified atom stereocenters. The van der Waals surface area contributed by atoms with Crippen molar-refractivity contribution in [3.63, 3.8) is 0 Å². The van der Waals surface area contributed by atoms with Crippen molar-refractivity contribution in [1.82, 2.24) is 5.32 Å². The monoisotopic (exact) mass is 688 g/mol. The van der Waals surface area contributed by atoms with E-state index in [0.717, 1.165) is 0 Å². The molecule has 0 saturated carbocycles. The van der Waals surface area contributed by atoms with Crippen LogP contribution in [0.4, 0.5) is 0 Å². The van der Waals surface area contributed by atoms with Crippen molar-refractivity contribution in [3.8, 4) is 0 Å². The van der Waals surface area contributed by atoms with Gasteiger partial charge >= 0.3 is 0 Å². The van der Waals surface area contributed by atoms with Gasteiger partial charge in [0.15, 0.2) is 0 Å². The highest BCUT2D eigenvalue weighted by molar-refractivity contribution is 4.81. The molecule has 0 radical (unpaired) electrons. The number of allylic oxidation sites excluding steroid dienone is 2. The summed E-state index contributed by atoms with van der Waals surface area (Å²) in [6.45, 7) is 7.09. The van der Waals surface area contributed by atoms with Gasteiger partial charge < -0.3 is 5.32 Å². The van der Waals surface area contributed by atoms with E-state index in [0.29, 0.717) is 0 Å². The highest BCUT2D eigenvalue weighted by atomic mass is 14.8. The third-order valence-corrected chi connectivity index (χ3v) is 11.1. The number of unbranched alkanes of at least 4 members (excludes halogenated alkanes) is 39. The van der Waals surface area contributed by atoms with Crippen molar-refractivity contribution in [3.05, 3.63) is 12.2 Å². The third-order valence-electron chi connectivity index (χ3n) is 11.1. The van der Waals surface area contributed by atoms with Crippen LogP contribution in [-0.2, 0) is 0 Å². The smallest absolute Gasteiger partial charge is 0.00489 e. The van der Waals surface area contributed by atoms with Crippen molar-refractivity contribution in [2.45, 2.75) is 284 Å². The first-order valence-corrected chi connectivity index (χ1v) is 23.8. The lowest BCUT2D eigenvalue weighted by molar-refractivity contribution is 0.512. The molecule has 294 valence electrons. The molecule has 0 bridgehead atoms. The Labute approximate surface area is 313 Å². The molecule has 0 heterocycles. The Bertz CT molecular complexity index is 567. The van der Waals surface area contributed by atoms with Crippen LogP contribution in [0.1, 0.15) is 284 Å². The molecule has 0 spiro atoms. The second kappa shape index (κ2) is 47.7. The first-order valence-electron chi connectivity index (χ1n) is 23.8. The minimum Gasteiger partial charge on any atom is -0.317 e. The molecule has 49 heavy (non-hydrogen) atoms. The standard InChI is InChI=1S/C48H97N/c1-3-5-7-9-11-13-15-17-19-21-22-23-24-25-26-27-28-29-30-31-32-34-36-38-40-42-44-46-48-49-47-45-43-41-39-37-35-33-20-18-16-14-12-10-8-6-4-2/h18,20,49H,3-17,19,21-48H2,1-2H3/b20-18-. The quantitative estimate of drug-likeness (QED) is 0.0496. The van der Waals surface area contributed by atoms with Gasteiger partial charge in [-0.1, -0.05) is 257 Å². The maximum Gasteiger partial charge on any atom is -0.00489 e. The number of hydrogen-bond acceptors (Lipinski definition) is 1. The Morgan fingerprint density at radius 3 is 0.633 bits per heavy atom. The van der Waals surface area contributed by atoms with Crippen molar-refractivity contribution >= 4 is 0 Å². The molecule has 1 N–H and O–H groups in total. The Morgan fingerprint density at radius 2 is 0.408 bits per heavy atom. The fourth-order valence-corrected chi connectivity index (χ4v) is 7.54. The topological polar surface area (TPSA) is 12.0 Å². The Balaban J connectivity index is 3.06. The van der Waals surface area contributed by atoms with Gasteiger partial charge in [0.25, 0.3) is 0 Å². The van der Waals surface area contributed by atoms with Gasteiger partial charge in [-0.15, -0.1) is 0 Å². The van der Waals surface area contributed by atoms with E-state index in [-0.39, 0.29) is 0 Å². The summed E-state index contributed by atoms with van der Waals surface area (Å²) >= 11 is 0. The lowest BCUT2D eigenvalue weighted by Gasteiger charge is -2.06. The minimum absolute atomic E-state index is 1.24. The molecular formula is C48H97N. The van der Waals surface area contributed by atoms with E-state index in [1.807, 2.05) is 0 Å². The molecule has 1 heteroatoms. The minimum atomic E-state index is 1.24. The molecule has 0 aromatic carbocycles. The van der Waals surface area contributed by atoms with Gasteiger partial charge in [0, 0.05) is 0 Å². The van der Waals surface area contributed by atoms with Gasteiger partial charge in [0.05, 0.1) is 0 Å². The van der Waals surface area contributed by atoms with Crippen LogP contribution in [0, 0.1) is 0 Å². The zero-order chi connectivity index (χ0) is 35.2. The summed E-state index contributed by atoms with van der Waals surface area (Å²) in [4.78, 5) is 0. The number of rotatable bonds is 45. The largest absolute Gasteiger partial charge is 0.317 e. The molecule has 0 aliphatic heterocycles. The summed E-state index contributed by atoms with van der Waals surface area (Å²) in [5, 5.41) is 3.70. The van der Waals surface area contributed by atoms with Crippen LogP contribution < -0.4 is 5.32 Å². The Hall–Kier alpha value is -0.300. The van der Waals surface area contributed by atoms with E-state index in [1.54, 1.807) is 0 Å². The first kappa shape index (κ1) is 48.7. The van der Waals surface area contributed by atoms with Gasteiger partial charge in [0.2, 0.25) is 0 Å². The van der Waals surface area contributed by atoms with Crippen molar-refractivity contribution in [2.75, 3.05) is 13.1 Å². The summed E-state index contributed by atoms with van der Waals surface area (Å²) in [5.41, 5.74) is 0. The van der Waals surface area contributed by atoms with Gasteiger partial charge in [-0.2, -0.15) is 0 Å². The van der Waals surface area contributed by atoms with Gasteiger partial charge in [-0.3, -0.25) is 0 Å². The SMILES string of the molecule is CCCCCCCC/C=C\CCCCCCCCNCCCCCCCCCCCCCCCCCCCCCCCCCCCCCC. The van der Waals surface area contributed by atoms with E-state index in [9.17, 15) is 0 Å². The molecular weight excluding hydrogens is 591 g/mol. The maximum atomic E-state index is 3.70. The molecule has 0 aromatic rings. The highest BCUT2D eigenvalue weighted by Crippen LogP contribution is 2.16. The average Bonchev–Trinajstić information content (AvgIpc) is 3.11. The molecule has 0 atom stereocenters. The van der Waals surface area contributed by atoms with E-state index < -0.39 is 0 Å². The molecule has 0 aliphatic rings. The van der Waals surface area contributed by atoms with Crippen LogP contribution in [0.2, 0.25) is 0 Å². The zero-order valence-electron chi connectivity index (χ0n) is 34.8. The molecule has 0 saturated heterocycles. The van der Waals surface area contributed by atoms with E-state index in [1.165, 1.54) is 283 Å². The van der Waals surface area contributed by atoms with E-state index in [4.69, 9.17) is 0 Å². The highest BCUT2D eigenvalue weighted by Gasteiger charge is 1.98. The molecule has 0 amide bonds. The molecule has 0 aromatic heterocycles. The van der Waals surface area contributed by atoms with Gasteiger partial charge in [-0.25, -0.2) is 0 Å². The summed E-state index contributed by atoms with van der Waals surface area (Å²) in [5.74, 6) is 0.